The minimum atomic E-state index is -0.165. The Hall–Kier alpha value is -2.67. The number of pyridine rings is 1. The van der Waals surface area contributed by atoms with Gasteiger partial charge in [-0.2, -0.15) is 0 Å². The van der Waals surface area contributed by atoms with E-state index in [1.54, 1.807) is 6.07 Å². The fraction of sp³-hybridized carbons (Fsp3) is 0.500. The van der Waals surface area contributed by atoms with Gasteiger partial charge in [-0.3, -0.25) is 0 Å². The lowest BCUT2D eigenvalue weighted by Crippen LogP contribution is -2.48. The van der Waals surface area contributed by atoms with Crippen LogP contribution in [-0.4, -0.2) is 55.6 Å². The Labute approximate surface area is 185 Å². The minimum absolute atomic E-state index is 0.165. The second-order valence-electron chi connectivity index (χ2n) is 8.40. The highest BCUT2D eigenvalue weighted by molar-refractivity contribution is 5.80. The molecule has 1 aromatic heterocycles. The molecule has 0 amide bonds. The summed E-state index contributed by atoms with van der Waals surface area (Å²) in [5.41, 5.74) is 2.76. The van der Waals surface area contributed by atoms with Crippen molar-refractivity contribution in [2.24, 2.45) is 4.99 Å². The summed E-state index contributed by atoms with van der Waals surface area (Å²) in [4.78, 5) is 13.7. The molecule has 2 N–H and O–H groups in total. The van der Waals surface area contributed by atoms with E-state index >= 15 is 0 Å². The summed E-state index contributed by atoms with van der Waals surface area (Å²) in [6, 6.07) is 11.8. The number of piperidine rings is 1. The largest absolute Gasteiger partial charge is 0.357 e. The van der Waals surface area contributed by atoms with Crippen LogP contribution in [0, 0.1) is 12.7 Å². The first-order valence-electron chi connectivity index (χ1n) is 11.1. The highest BCUT2D eigenvalue weighted by Crippen LogP contribution is 2.18. The number of nitrogens with one attached hydrogen (secondary N) is 2. The fourth-order valence-corrected chi connectivity index (χ4v) is 3.83. The van der Waals surface area contributed by atoms with Crippen LogP contribution in [0.15, 0.2) is 41.4 Å². The van der Waals surface area contributed by atoms with Gasteiger partial charge in [0.1, 0.15) is 11.6 Å². The lowest BCUT2D eigenvalue weighted by atomic mass is 10.1. The highest BCUT2D eigenvalue weighted by Gasteiger charge is 2.21. The van der Waals surface area contributed by atoms with E-state index in [1.807, 2.05) is 44.1 Å². The van der Waals surface area contributed by atoms with Crippen LogP contribution in [0.3, 0.4) is 0 Å². The van der Waals surface area contributed by atoms with Gasteiger partial charge in [-0.1, -0.05) is 12.1 Å². The molecule has 1 fully saturated rings. The lowest BCUT2D eigenvalue weighted by molar-refractivity contribution is 0.392. The van der Waals surface area contributed by atoms with Crippen LogP contribution in [0.25, 0.3) is 0 Å². The van der Waals surface area contributed by atoms with E-state index in [0.29, 0.717) is 24.7 Å². The van der Waals surface area contributed by atoms with Crippen molar-refractivity contribution >= 4 is 11.8 Å². The van der Waals surface area contributed by atoms with Gasteiger partial charge >= 0.3 is 0 Å². The number of benzene rings is 1. The van der Waals surface area contributed by atoms with Crippen molar-refractivity contribution < 1.29 is 4.39 Å². The number of aliphatic imine (C=N–C) groups is 1. The van der Waals surface area contributed by atoms with Crippen molar-refractivity contribution in [3.63, 3.8) is 0 Å². The molecule has 7 heteroatoms. The zero-order valence-corrected chi connectivity index (χ0v) is 19.2. The Kier molecular flexibility index (Phi) is 8.23. The Bertz CT molecular complexity index is 874. The summed E-state index contributed by atoms with van der Waals surface area (Å²) in [7, 11) is 3.88. The molecule has 0 bridgehead atoms. The number of rotatable bonds is 7. The normalized spacial score (nSPS) is 15.4. The summed E-state index contributed by atoms with van der Waals surface area (Å²) in [5.74, 6) is 1.71. The Morgan fingerprint density at radius 2 is 2.00 bits per heavy atom. The first-order valence-corrected chi connectivity index (χ1v) is 11.1. The van der Waals surface area contributed by atoms with Gasteiger partial charge < -0.3 is 20.4 Å². The van der Waals surface area contributed by atoms with Gasteiger partial charge in [0.25, 0.3) is 0 Å². The second kappa shape index (κ2) is 11.1. The van der Waals surface area contributed by atoms with Crippen molar-refractivity contribution in [1.29, 1.82) is 0 Å². The van der Waals surface area contributed by atoms with Gasteiger partial charge in [0.2, 0.25) is 0 Å². The molecular weight excluding hydrogens is 391 g/mol. The smallest absolute Gasteiger partial charge is 0.191 e. The van der Waals surface area contributed by atoms with Crippen LogP contribution in [-0.2, 0) is 13.1 Å². The van der Waals surface area contributed by atoms with E-state index in [9.17, 15) is 4.39 Å². The van der Waals surface area contributed by atoms with Gasteiger partial charge in [-0.15, -0.1) is 0 Å². The van der Waals surface area contributed by atoms with Gasteiger partial charge in [0.15, 0.2) is 5.96 Å². The predicted molar refractivity (Wildman–Crippen MR) is 126 cm³/mol. The highest BCUT2D eigenvalue weighted by atomic mass is 19.1. The Balaban J connectivity index is 1.58. The number of aromatic nitrogens is 1. The van der Waals surface area contributed by atoms with Crippen molar-refractivity contribution in [3.8, 4) is 0 Å². The molecule has 6 nitrogen and oxygen atoms in total. The monoisotopic (exact) mass is 426 g/mol. The number of hydrogen-bond acceptors (Lipinski definition) is 4. The van der Waals surface area contributed by atoms with Gasteiger partial charge in [0.05, 0.1) is 6.54 Å². The fourth-order valence-electron chi connectivity index (χ4n) is 3.83. The Morgan fingerprint density at radius 1 is 1.23 bits per heavy atom. The SMILES string of the molecule is CCNC(=NCc1ccc(F)c(CN(C)C)c1)NC1CCN(c2cccc(C)n2)CC1. The molecule has 168 valence electrons. The third-order valence-electron chi connectivity index (χ3n) is 5.39. The lowest BCUT2D eigenvalue weighted by Gasteiger charge is -2.34. The van der Waals surface area contributed by atoms with Crippen molar-refractivity contribution in [2.45, 2.75) is 45.8 Å². The molecule has 0 spiro atoms. The molecule has 0 atom stereocenters. The molecule has 1 aromatic carbocycles. The number of anilines is 1. The van der Waals surface area contributed by atoms with Crippen molar-refractivity contribution in [1.82, 2.24) is 20.5 Å². The number of halogens is 1. The summed E-state index contributed by atoms with van der Waals surface area (Å²) in [5, 5.41) is 6.92. The molecule has 1 aliphatic heterocycles. The number of nitrogens with zero attached hydrogens (tertiary/aromatic N) is 4. The van der Waals surface area contributed by atoms with Crippen LogP contribution in [0.5, 0.6) is 0 Å². The van der Waals surface area contributed by atoms with Crippen LogP contribution < -0.4 is 15.5 Å². The van der Waals surface area contributed by atoms with Gasteiger partial charge in [-0.25, -0.2) is 14.4 Å². The summed E-state index contributed by atoms with van der Waals surface area (Å²) >= 11 is 0. The summed E-state index contributed by atoms with van der Waals surface area (Å²) in [6.07, 6.45) is 2.06. The van der Waals surface area contributed by atoms with Gasteiger partial charge in [-0.05, 0) is 70.6 Å². The maximum Gasteiger partial charge on any atom is 0.191 e. The first kappa shape index (κ1) is 23.0. The molecule has 1 saturated heterocycles. The molecule has 0 unspecified atom stereocenters. The molecule has 1 aliphatic rings. The quantitative estimate of drug-likeness (QED) is 0.526. The second-order valence-corrected chi connectivity index (χ2v) is 8.40. The third kappa shape index (κ3) is 6.92. The minimum Gasteiger partial charge on any atom is -0.357 e. The van der Waals surface area contributed by atoms with Crippen LogP contribution in [0.4, 0.5) is 10.2 Å². The summed E-state index contributed by atoms with van der Waals surface area (Å²) < 4.78 is 14.0. The van der Waals surface area contributed by atoms with Crippen molar-refractivity contribution in [2.75, 3.05) is 38.6 Å². The molecular formula is C24H35FN6. The van der Waals surface area contributed by atoms with E-state index in [0.717, 1.165) is 55.5 Å². The predicted octanol–water partition coefficient (Wildman–Crippen LogP) is 3.31. The van der Waals surface area contributed by atoms with Crippen LogP contribution >= 0.6 is 0 Å². The molecule has 0 radical (unpaired) electrons. The van der Waals surface area contributed by atoms with Crippen LogP contribution in [0.2, 0.25) is 0 Å². The average Bonchev–Trinajstić information content (AvgIpc) is 2.74. The topological polar surface area (TPSA) is 55.8 Å². The first-order chi connectivity index (χ1) is 14.9. The van der Waals surface area contributed by atoms with E-state index in [1.165, 1.54) is 0 Å². The van der Waals surface area contributed by atoms with Crippen LogP contribution in [0.1, 0.15) is 36.6 Å². The zero-order valence-electron chi connectivity index (χ0n) is 19.2. The zero-order chi connectivity index (χ0) is 22.2. The molecule has 31 heavy (non-hydrogen) atoms. The third-order valence-corrected chi connectivity index (χ3v) is 5.39. The van der Waals surface area contributed by atoms with E-state index in [-0.39, 0.29) is 5.82 Å². The van der Waals surface area contributed by atoms with E-state index < -0.39 is 0 Å². The van der Waals surface area contributed by atoms with Crippen molar-refractivity contribution in [3.05, 3.63) is 59.0 Å². The average molecular weight is 427 g/mol. The number of guanidine groups is 1. The van der Waals surface area contributed by atoms with E-state index in [4.69, 9.17) is 4.99 Å². The maximum absolute atomic E-state index is 14.0. The molecule has 2 heterocycles. The molecule has 0 aliphatic carbocycles. The van der Waals surface area contributed by atoms with Gasteiger partial charge in [0, 0.05) is 43.5 Å². The molecule has 0 saturated carbocycles. The number of hydrogen-bond donors (Lipinski definition) is 2. The maximum atomic E-state index is 14.0. The Morgan fingerprint density at radius 3 is 2.68 bits per heavy atom. The summed E-state index contributed by atoms with van der Waals surface area (Å²) in [6.45, 7) is 7.93. The van der Waals surface area contributed by atoms with E-state index in [2.05, 4.69) is 39.6 Å². The number of aryl methyl sites for hydroxylation is 1. The molecule has 3 rings (SSSR count). The standard InChI is InChI=1S/C24H35FN6/c1-5-26-24(27-16-19-9-10-22(25)20(15-19)17-30(3)4)29-21-11-13-31(14-12-21)23-8-6-7-18(2)28-23/h6-10,15,21H,5,11-14,16-17H2,1-4H3,(H2,26,27,29). The molecule has 2 aromatic rings.